The Hall–Kier alpha value is -2.24. The molecule has 0 aliphatic carbocycles. The lowest BCUT2D eigenvalue weighted by Gasteiger charge is -2.07. The molecule has 2 aromatic carbocycles. The van der Waals surface area contributed by atoms with E-state index in [9.17, 15) is 9.90 Å². The van der Waals surface area contributed by atoms with Crippen LogP contribution >= 0.6 is 11.8 Å². The van der Waals surface area contributed by atoms with Crippen molar-refractivity contribution in [3.05, 3.63) is 65.4 Å². The summed E-state index contributed by atoms with van der Waals surface area (Å²) in [6, 6.07) is 16.2. The summed E-state index contributed by atoms with van der Waals surface area (Å²) < 4.78 is 1.75. The maximum absolute atomic E-state index is 11.7. The van der Waals surface area contributed by atoms with Crippen LogP contribution in [0.25, 0.3) is 10.9 Å². The summed E-state index contributed by atoms with van der Waals surface area (Å²) in [5.74, 6) is -0.894. The second kappa shape index (κ2) is 7.11. The molecule has 24 heavy (non-hydrogen) atoms. The van der Waals surface area contributed by atoms with E-state index in [1.54, 1.807) is 23.4 Å². The van der Waals surface area contributed by atoms with Gasteiger partial charge in [0.15, 0.2) is 0 Å². The van der Waals surface area contributed by atoms with Gasteiger partial charge in [-0.05, 0) is 30.0 Å². The van der Waals surface area contributed by atoms with Crippen LogP contribution in [-0.2, 0) is 20.1 Å². The number of aromatic carboxylic acids is 1. The first kappa shape index (κ1) is 16.6. The van der Waals surface area contributed by atoms with Crippen LogP contribution in [0.4, 0.5) is 0 Å². The minimum atomic E-state index is -0.894. The molecule has 1 heterocycles. The van der Waals surface area contributed by atoms with E-state index < -0.39 is 5.97 Å². The highest BCUT2D eigenvalue weighted by atomic mass is 32.2. The van der Waals surface area contributed by atoms with Crippen LogP contribution in [0.1, 0.15) is 21.6 Å². The highest BCUT2D eigenvalue weighted by Crippen LogP contribution is 2.25. The monoisotopic (exact) mass is 340 g/mol. The summed E-state index contributed by atoms with van der Waals surface area (Å²) >= 11 is 1.72. The number of benzene rings is 2. The number of hydrogen-bond acceptors (Lipinski definition) is 3. The van der Waals surface area contributed by atoms with Crippen LogP contribution in [0.3, 0.4) is 0 Å². The summed E-state index contributed by atoms with van der Waals surface area (Å²) in [6.45, 7) is 1.23. The zero-order valence-corrected chi connectivity index (χ0v) is 14.6. The van der Waals surface area contributed by atoms with Crippen molar-refractivity contribution in [2.24, 2.45) is 7.05 Å². The first-order valence-electron chi connectivity index (χ1n) is 7.75. The summed E-state index contributed by atoms with van der Waals surface area (Å²) in [6.07, 6.45) is 2.06. The molecule has 0 amide bonds. The van der Waals surface area contributed by atoms with Gasteiger partial charge in [0.25, 0.3) is 0 Å². The smallest absolute Gasteiger partial charge is 0.352 e. The molecule has 1 aromatic heterocycles. The van der Waals surface area contributed by atoms with Crippen molar-refractivity contribution < 1.29 is 9.90 Å². The maximum Gasteiger partial charge on any atom is 0.352 e. The fraction of sp³-hybridized carbons (Fsp3) is 0.211. The molecule has 0 bridgehead atoms. The predicted molar refractivity (Wildman–Crippen MR) is 98.6 cm³/mol. The van der Waals surface area contributed by atoms with E-state index in [4.69, 9.17) is 0 Å². The van der Waals surface area contributed by atoms with E-state index in [1.165, 1.54) is 10.5 Å². The van der Waals surface area contributed by atoms with E-state index in [-0.39, 0.29) is 0 Å². The number of carboxylic acid groups (broad SMARTS) is 1. The number of rotatable bonds is 6. The lowest BCUT2D eigenvalue weighted by Crippen LogP contribution is -2.16. The van der Waals surface area contributed by atoms with Crippen molar-refractivity contribution in [1.29, 1.82) is 0 Å². The van der Waals surface area contributed by atoms with Gasteiger partial charge in [0.05, 0.1) is 0 Å². The number of carbonyl (C=O) groups is 1. The number of nitrogens with zero attached hydrogens (tertiary/aromatic N) is 1. The van der Waals surface area contributed by atoms with E-state index in [2.05, 4.69) is 35.8 Å². The number of thioether (sulfide) groups is 1. The van der Waals surface area contributed by atoms with Crippen LogP contribution in [0.15, 0.2) is 53.4 Å². The van der Waals surface area contributed by atoms with Gasteiger partial charge in [0.2, 0.25) is 0 Å². The third kappa shape index (κ3) is 3.18. The molecule has 0 radical (unpaired) electrons. The molecule has 0 saturated carbocycles. The minimum absolute atomic E-state index is 0.349. The molecule has 124 valence electrons. The highest BCUT2D eigenvalue weighted by Gasteiger charge is 2.19. The molecule has 5 heteroatoms. The topological polar surface area (TPSA) is 54.3 Å². The van der Waals surface area contributed by atoms with Gasteiger partial charge in [-0.1, -0.05) is 30.3 Å². The van der Waals surface area contributed by atoms with E-state index >= 15 is 0 Å². The fourth-order valence-corrected chi connectivity index (χ4v) is 3.41. The Labute approximate surface area is 145 Å². The lowest BCUT2D eigenvalue weighted by molar-refractivity contribution is 0.0685. The molecular formula is C19H20N2O2S. The highest BCUT2D eigenvalue weighted by molar-refractivity contribution is 7.98. The molecule has 4 nitrogen and oxygen atoms in total. The summed E-state index contributed by atoms with van der Waals surface area (Å²) in [7, 11) is 1.80. The Morgan fingerprint density at radius 1 is 1.12 bits per heavy atom. The second-order valence-electron chi connectivity index (χ2n) is 5.66. The number of para-hydroxylation sites is 1. The van der Waals surface area contributed by atoms with Crippen LogP contribution in [0, 0.1) is 0 Å². The Kier molecular flexibility index (Phi) is 4.92. The minimum Gasteiger partial charge on any atom is -0.477 e. The van der Waals surface area contributed by atoms with Gasteiger partial charge >= 0.3 is 5.97 Å². The van der Waals surface area contributed by atoms with Gasteiger partial charge in [-0.25, -0.2) is 4.79 Å². The van der Waals surface area contributed by atoms with Crippen molar-refractivity contribution in [1.82, 2.24) is 9.88 Å². The van der Waals surface area contributed by atoms with Crippen LogP contribution in [0.5, 0.6) is 0 Å². The third-order valence-electron chi connectivity index (χ3n) is 4.20. The van der Waals surface area contributed by atoms with Gasteiger partial charge in [0.1, 0.15) is 5.69 Å². The predicted octanol–water partition coefficient (Wildman–Crippen LogP) is 3.89. The average Bonchev–Trinajstić information content (AvgIpc) is 2.88. The van der Waals surface area contributed by atoms with Gasteiger partial charge in [-0.3, -0.25) is 0 Å². The largest absolute Gasteiger partial charge is 0.477 e. The molecule has 0 atom stereocenters. The zero-order chi connectivity index (χ0) is 17.1. The average molecular weight is 340 g/mol. The van der Waals surface area contributed by atoms with Crippen molar-refractivity contribution in [2.75, 3.05) is 6.26 Å². The molecule has 0 fully saturated rings. The van der Waals surface area contributed by atoms with Crippen LogP contribution < -0.4 is 5.32 Å². The third-order valence-corrected chi connectivity index (χ3v) is 4.95. The molecule has 0 aliphatic rings. The summed E-state index contributed by atoms with van der Waals surface area (Å²) in [5, 5.41) is 13.9. The quantitative estimate of drug-likeness (QED) is 0.669. The molecule has 0 spiro atoms. The van der Waals surface area contributed by atoms with E-state index in [0.29, 0.717) is 18.8 Å². The SMILES string of the molecule is CSc1ccc(CNCc2c(C(=O)O)n(C)c3ccccc23)cc1. The summed E-state index contributed by atoms with van der Waals surface area (Å²) in [5.41, 5.74) is 3.31. The normalized spacial score (nSPS) is 11.1. The maximum atomic E-state index is 11.7. The number of nitrogens with one attached hydrogen (secondary N) is 1. The second-order valence-corrected chi connectivity index (χ2v) is 6.54. The van der Waals surface area contributed by atoms with Gasteiger partial charge in [-0.15, -0.1) is 11.8 Å². The van der Waals surface area contributed by atoms with Crippen LogP contribution in [-0.4, -0.2) is 21.9 Å². The van der Waals surface area contributed by atoms with E-state index in [0.717, 1.165) is 16.5 Å². The van der Waals surface area contributed by atoms with E-state index in [1.807, 2.05) is 24.3 Å². The van der Waals surface area contributed by atoms with Crippen LogP contribution in [0.2, 0.25) is 0 Å². The molecule has 3 rings (SSSR count). The van der Waals surface area contributed by atoms with Crippen molar-refractivity contribution in [3.8, 4) is 0 Å². The number of aryl methyl sites for hydroxylation is 1. The number of hydrogen-bond donors (Lipinski definition) is 2. The Bertz CT molecular complexity index is 869. The standard InChI is InChI=1S/C19H20N2O2S/c1-21-17-6-4-3-5-15(17)16(18(21)19(22)23)12-20-11-13-7-9-14(24-2)10-8-13/h3-10,20H,11-12H2,1-2H3,(H,22,23). The molecule has 3 aromatic rings. The Balaban J connectivity index is 1.81. The molecule has 2 N–H and O–H groups in total. The molecule has 0 saturated heterocycles. The van der Waals surface area contributed by atoms with Crippen molar-refractivity contribution in [2.45, 2.75) is 18.0 Å². The van der Waals surface area contributed by atoms with Crippen molar-refractivity contribution >= 4 is 28.6 Å². The Morgan fingerprint density at radius 2 is 1.83 bits per heavy atom. The summed E-state index contributed by atoms with van der Waals surface area (Å²) in [4.78, 5) is 12.9. The first-order valence-corrected chi connectivity index (χ1v) is 8.97. The first-order chi connectivity index (χ1) is 11.6. The molecular weight excluding hydrogens is 320 g/mol. The van der Waals surface area contributed by atoms with Gasteiger partial charge < -0.3 is 15.0 Å². The number of carboxylic acids is 1. The number of aromatic nitrogens is 1. The van der Waals surface area contributed by atoms with Crippen molar-refractivity contribution in [3.63, 3.8) is 0 Å². The van der Waals surface area contributed by atoms with Gasteiger partial charge in [-0.2, -0.15) is 0 Å². The molecule has 0 unspecified atom stereocenters. The zero-order valence-electron chi connectivity index (χ0n) is 13.7. The van der Waals surface area contributed by atoms with Gasteiger partial charge in [0, 0.05) is 41.5 Å². The Morgan fingerprint density at radius 3 is 2.50 bits per heavy atom. The number of fused-ring (bicyclic) bond motifs is 1. The molecule has 0 aliphatic heterocycles. The lowest BCUT2D eigenvalue weighted by atomic mass is 10.1. The fourth-order valence-electron chi connectivity index (χ4n) is 3.00.